The number of hydrogen-bond donors (Lipinski definition) is 0. The molecule has 0 N–H and O–H groups in total. The van der Waals surface area contributed by atoms with E-state index >= 15 is 0 Å². The van der Waals surface area contributed by atoms with Gasteiger partial charge < -0.3 is 25.3 Å². The zero-order chi connectivity index (χ0) is 5.15. The Morgan fingerprint density at radius 2 is 1.12 bits per heavy atom. The Labute approximate surface area is 60.1 Å². The SMILES string of the molecule is O=C([O-])C(=O)[O-].[Nb].[O-2]. The van der Waals surface area contributed by atoms with E-state index in [1.807, 2.05) is 0 Å². The maximum Gasteiger partial charge on any atom is 0.0870 e. The first kappa shape index (κ1) is 15.6. The molecule has 5 nitrogen and oxygen atoms in total. The molecule has 0 rings (SSSR count). The predicted octanol–water partition coefficient (Wildman–Crippen LogP) is -3.64. The molecular weight excluding hydrogens is 197 g/mol. The van der Waals surface area contributed by atoms with Crippen LogP contribution >= 0.6 is 0 Å². The van der Waals surface area contributed by atoms with Crippen LogP contribution in [0.5, 0.6) is 0 Å². The second kappa shape index (κ2) is 6.64. The van der Waals surface area contributed by atoms with Gasteiger partial charge in [0.05, 0.1) is 11.9 Å². The van der Waals surface area contributed by atoms with Crippen LogP contribution < -0.4 is 10.2 Å². The fourth-order valence-electron chi connectivity index (χ4n) is 0. The van der Waals surface area contributed by atoms with Gasteiger partial charge >= 0.3 is 0 Å². The zero-order valence-corrected chi connectivity index (χ0v) is 5.69. The van der Waals surface area contributed by atoms with E-state index < -0.39 is 11.9 Å². The number of hydrogen-bond acceptors (Lipinski definition) is 4. The molecule has 47 valence electrons. The molecule has 0 unspecified atom stereocenters. The first-order chi connectivity index (χ1) is 2.64. The first-order valence-electron chi connectivity index (χ1n) is 1.07. The standard InChI is InChI=1S/C2H2O4.Nb.O/c3-1(4)2(5)6;;/h(H,3,4)(H,5,6);;/q;;-2/p-2. The van der Waals surface area contributed by atoms with Crippen LogP contribution in [0.3, 0.4) is 0 Å². The summed E-state index contributed by atoms with van der Waals surface area (Å²) >= 11 is 0. The van der Waals surface area contributed by atoms with E-state index in [1.165, 1.54) is 0 Å². The monoisotopic (exact) mass is 197 g/mol. The minimum Gasteiger partial charge on any atom is -2.00 e. The molecule has 6 heteroatoms. The Morgan fingerprint density at radius 3 is 1.12 bits per heavy atom. The summed E-state index contributed by atoms with van der Waals surface area (Å²) in [6.07, 6.45) is 0. The van der Waals surface area contributed by atoms with E-state index in [9.17, 15) is 0 Å². The molecule has 0 heterocycles. The number of carboxylic acid groups (broad SMARTS) is 2. The van der Waals surface area contributed by atoms with Gasteiger partial charge in [-0.25, -0.2) is 0 Å². The zero-order valence-electron chi connectivity index (χ0n) is 3.49. The molecule has 0 bridgehead atoms. The molecule has 0 amide bonds. The Kier molecular flexibility index (Phi) is 13.0. The van der Waals surface area contributed by atoms with Crippen molar-refractivity contribution >= 4 is 11.9 Å². The van der Waals surface area contributed by atoms with Crippen molar-refractivity contribution in [3.63, 3.8) is 0 Å². The van der Waals surface area contributed by atoms with Crippen LogP contribution in [0.2, 0.25) is 0 Å². The molecule has 0 aliphatic rings. The largest absolute Gasteiger partial charge is 2.00 e. The molecule has 0 fully saturated rings. The van der Waals surface area contributed by atoms with Gasteiger partial charge in [-0.05, 0) is 0 Å². The Balaban J connectivity index is -0.000000125. The van der Waals surface area contributed by atoms with E-state index in [-0.39, 0.29) is 27.9 Å². The van der Waals surface area contributed by atoms with Crippen LogP contribution in [0.25, 0.3) is 0 Å². The van der Waals surface area contributed by atoms with Crippen LogP contribution in [-0.4, -0.2) is 11.9 Å². The van der Waals surface area contributed by atoms with Crippen LogP contribution in [-0.2, 0) is 37.4 Å². The molecule has 0 atom stereocenters. The van der Waals surface area contributed by atoms with Gasteiger partial charge in [0, 0.05) is 22.4 Å². The molecule has 8 heavy (non-hydrogen) atoms. The molecule has 0 aromatic rings. The molecule has 0 aromatic heterocycles. The third-order valence-electron chi connectivity index (χ3n) is 0.167. The fourth-order valence-corrected chi connectivity index (χ4v) is 0. The van der Waals surface area contributed by atoms with Gasteiger partial charge in [0.25, 0.3) is 0 Å². The van der Waals surface area contributed by atoms with Crippen molar-refractivity contribution in [1.82, 2.24) is 0 Å². The van der Waals surface area contributed by atoms with Gasteiger partial charge in [-0.15, -0.1) is 0 Å². The van der Waals surface area contributed by atoms with Gasteiger partial charge in [0.1, 0.15) is 0 Å². The summed E-state index contributed by atoms with van der Waals surface area (Å²) in [5.74, 6) is -4.37. The van der Waals surface area contributed by atoms with Gasteiger partial charge in [-0.1, -0.05) is 0 Å². The van der Waals surface area contributed by atoms with E-state index in [4.69, 9.17) is 19.8 Å². The number of aliphatic carboxylic acids is 2. The van der Waals surface area contributed by atoms with E-state index in [2.05, 4.69) is 0 Å². The van der Waals surface area contributed by atoms with Crippen molar-refractivity contribution in [3.05, 3.63) is 0 Å². The molecule has 0 aliphatic carbocycles. The van der Waals surface area contributed by atoms with Gasteiger partial charge in [-0.3, -0.25) is 0 Å². The number of rotatable bonds is 0. The second-order valence-corrected chi connectivity index (χ2v) is 0.575. The summed E-state index contributed by atoms with van der Waals surface area (Å²) in [5, 5.41) is 17.9. The van der Waals surface area contributed by atoms with Crippen molar-refractivity contribution < 1.29 is 47.7 Å². The normalized spacial score (nSPS) is 5.50. The number of carboxylic acids is 2. The minimum absolute atomic E-state index is 0. The summed E-state index contributed by atoms with van der Waals surface area (Å²) in [5.41, 5.74) is 0. The summed E-state index contributed by atoms with van der Waals surface area (Å²) in [7, 11) is 0. The van der Waals surface area contributed by atoms with E-state index in [0.717, 1.165) is 0 Å². The van der Waals surface area contributed by atoms with Gasteiger partial charge in [0.2, 0.25) is 0 Å². The van der Waals surface area contributed by atoms with Crippen LogP contribution in [0.1, 0.15) is 0 Å². The third kappa shape index (κ3) is 9.16. The van der Waals surface area contributed by atoms with Crippen molar-refractivity contribution in [1.29, 1.82) is 0 Å². The molecule has 0 aromatic carbocycles. The second-order valence-electron chi connectivity index (χ2n) is 0.575. The van der Waals surface area contributed by atoms with E-state index in [1.54, 1.807) is 0 Å². The quantitative estimate of drug-likeness (QED) is 0.294. The maximum absolute atomic E-state index is 8.93. The van der Waals surface area contributed by atoms with Gasteiger partial charge in [-0.2, -0.15) is 0 Å². The molecule has 0 spiro atoms. The summed E-state index contributed by atoms with van der Waals surface area (Å²) in [6.45, 7) is 0. The predicted molar refractivity (Wildman–Crippen MR) is 10.7 cm³/mol. The van der Waals surface area contributed by atoms with Crippen LogP contribution in [0.15, 0.2) is 0 Å². The summed E-state index contributed by atoms with van der Waals surface area (Å²) < 4.78 is 0. The van der Waals surface area contributed by atoms with Crippen LogP contribution in [0, 0.1) is 0 Å². The van der Waals surface area contributed by atoms with E-state index in [0.29, 0.717) is 0 Å². The average molecular weight is 197 g/mol. The Morgan fingerprint density at radius 1 is 1.00 bits per heavy atom. The summed E-state index contributed by atoms with van der Waals surface area (Å²) in [4.78, 5) is 17.9. The Hall–Kier alpha value is -0.360. The van der Waals surface area contributed by atoms with Gasteiger partial charge in [0.15, 0.2) is 0 Å². The Bertz CT molecular complexity index is 76.4. The maximum atomic E-state index is 8.93. The van der Waals surface area contributed by atoms with Crippen LogP contribution in [0.4, 0.5) is 0 Å². The number of carbonyl (C=O) groups is 2. The van der Waals surface area contributed by atoms with Crippen molar-refractivity contribution in [2.75, 3.05) is 0 Å². The molecule has 0 aliphatic heterocycles. The molecular formula is C2NbO5-4. The van der Waals surface area contributed by atoms with Crippen molar-refractivity contribution in [2.45, 2.75) is 0 Å². The van der Waals surface area contributed by atoms with Crippen molar-refractivity contribution in [3.8, 4) is 0 Å². The fraction of sp³-hybridized carbons (Fsp3) is 0. The molecule has 0 saturated carbocycles. The topological polar surface area (TPSA) is 109 Å². The summed E-state index contributed by atoms with van der Waals surface area (Å²) in [6, 6.07) is 0. The molecule has 1 radical (unpaired) electrons. The average Bonchev–Trinajstić information content (AvgIpc) is 1.36. The minimum atomic E-state index is -2.19. The van der Waals surface area contributed by atoms with Crippen molar-refractivity contribution in [2.24, 2.45) is 0 Å². The number of carbonyl (C=O) groups excluding carboxylic acids is 2. The third-order valence-corrected chi connectivity index (χ3v) is 0.167. The first-order valence-corrected chi connectivity index (χ1v) is 1.07. The smallest absolute Gasteiger partial charge is 0.0870 e. The molecule has 0 saturated heterocycles.